The monoisotopic (exact) mass is 280 g/mol. The van der Waals surface area contributed by atoms with Gasteiger partial charge in [-0.25, -0.2) is 4.79 Å². The van der Waals surface area contributed by atoms with Crippen LogP contribution in [-0.4, -0.2) is 52.2 Å². The summed E-state index contributed by atoms with van der Waals surface area (Å²) < 4.78 is 5.30. The molecule has 1 aliphatic heterocycles. The molecule has 1 aromatic rings. The van der Waals surface area contributed by atoms with Gasteiger partial charge in [0.15, 0.2) is 5.60 Å². The maximum Gasteiger partial charge on any atom is 0.337 e. The molecule has 0 aliphatic carbocycles. The van der Waals surface area contributed by atoms with E-state index in [0.717, 1.165) is 5.69 Å². The minimum absolute atomic E-state index is 0.0594. The van der Waals surface area contributed by atoms with Crippen molar-refractivity contribution in [2.45, 2.75) is 32.3 Å². The van der Waals surface area contributed by atoms with E-state index >= 15 is 0 Å². The van der Waals surface area contributed by atoms with Crippen molar-refractivity contribution >= 4 is 11.9 Å². The number of hydrogen-bond acceptors (Lipinski definition) is 3. The molecule has 1 aromatic heterocycles. The molecule has 0 bridgehead atoms. The molecular formula is C14H20N2O4. The van der Waals surface area contributed by atoms with Crippen LogP contribution >= 0.6 is 0 Å². The van der Waals surface area contributed by atoms with E-state index < -0.39 is 11.6 Å². The Morgan fingerprint density at radius 2 is 2.20 bits per heavy atom. The van der Waals surface area contributed by atoms with Gasteiger partial charge in [0.1, 0.15) is 0 Å². The van der Waals surface area contributed by atoms with E-state index in [1.807, 2.05) is 13.8 Å². The number of nitrogens with one attached hydrogen (secondary N) is 1. The molecule has 6 nitrogen and oxygen atoms in total. The molecule has 20 heavy (non-hydrogen) atoms. The molecule has 0 aromatic carbocycles. The number of carbonyl (C=O) groups excluding carboxylic acids is 1. The molecule has 110 valence electrons. The largest absolute Gasteiger partial charge is 0.479 e. The first kappa shape index (κ1) is 14.6. The van der Waals surface area contributed by atoms with E-state index in [1.54, 1.807) is 17.2 Å². The number of morpholine rings is 1. The smallest absolute Gasteiger partial charge is 0.337 e. The van der Waals surface area contributed by atoms with Gasteiger partial charge < -0.3 is 19.7 Å². The summed E-state index contributed by atoms with van der Waals surface area (Å²) in [5.74, 6) is -0.991. The van der Waals surface area contributed by atoms with Gasteiger partial charge in [-0.15, -0.1) is 0 Å². The lowest BCUT2D eigenvalue weighted by atomic mass is 10.0. The number of nitrogens with zero attached hydrogens (tertiary/aromatic N) is 1. The number of carboxylic acids is 1. The quantitative estimate of drug-likeness (QED) is 0.878. The molecule has 1 unspecified atom stereocenters. The summed E-state index contributed by atoms with van der Waals surface area (Å²) in [7, 11) is 0. The van der Waals surface area contributed by atoms with E-state index in [4.69, 9.17) is 4.74 Å². The molecule has 1 fully saturated rings. The zero-order valence-electron chi connectivity index (χ0n) is 12.0. The summed E-state index contributed by atoms with van der Waals surface area (Å²) in [4.78, 5) is 28.4. The number of amides is 1. The molecule has 1 amide bonds. The van der Waals surface area contributed by atoms with Crippen molar-refractivity contribution in [2.24, 2.45) is 0 Å². The number of rotatable bonds is 3. The second-order valence-electron chi connectivity index (χ2n) is 5.57. The van der Waals surface area contributed by atoms with Crippen LogP contribution in [0.1, 0.15) is 42.7 Å². The summed E-state index contributed by atoms with van der Waals surface area (Å²) in [5, 5.41) is 9.20. The number of ether oxygens (including phenoxy) is 1. The first-order valence-electron chi connectivity index (χ1n) is 6.69. The molecular weight excluding hydrogens is 260 g/mol. The van der Waals surface area contributed by atoms with Crippen LogP contribution < -0.4 is 0 Å². The number of carboxylic acid groups (broad SMARTS) is 1. The Bertz CT molecular complexity index is 523. The lowest BCUT2D eigenvalue weighted by molar-refractivity contribution is -0.171. The van der Waals surface area contributed by atoms with E-state index in [0.29, 0.717) is 12.1 Å². The lowest BCUT2D eigenvalue weighted by Crippen LogP contribution is -2.56. The molecule has 0 spiro atoms. The summed E-state index contributed by atoms with van der Waals surface area (Å²) in [5.41, 5.74) is 0.149. The fourth-order valence-corrected chi connectivity index (χ4v) is 2.39. The van der Waals surface area contributed by atoms with Crippen LogP contribution in [0.25, 0.3) is 0 Å². The van der Waals surface area contributed by atoms with Crippen LogP contribution in [0.2, 0.25) is 0 Å². The van der Waals surface area contributed by atoms with E-state index in [-0.39, 0.29) is 25.0 Å². The van der Waals surface area contributed by atoms with Gasteiger partial charge in [0.05, 0.1) is 18.7 Å². The molecule has 1 atom stereocenters. The Morgan fingerprint density at radius 3 is 2.80 bits per heavy atom. The van der Waals surface area contributed by atoms with Crippen molar-refractivity contribution in [1.82, 2.24) is 9.88 Å². The zero-order chi connectivity index (χ0) is 14.9. The second-order valence-corrected chi connectivity index (χ2v) is 5.57. The SMILES string of the molecule is CC(C)c1[nH]ccc1C(=O)N1CCOC(C)(C(=O)O)C1. The van der Waals surface area contributed by atoms with Crippen molar-refractivity contribution in [1.29, 1.82) is 0 Å². The highest BCUT2D eigenvalue weighted by atomic mass is 16.5. The topological polar surface area (TPSA) is 82.6 Å². The Morgan fingerprint density at radius 1 is 1.50 bits per heavy atom. The molecule has 2 heterocycles. The third kappa shape index (κ3) is 2.56. The summed E-state index contributed by atoms with van der Waals surface area (Å²) in [6.07, 6.45) is 1.74. The first-order valence-corrected chi connectivity index (χ1v) is 6.69. The average Bonchev–Trinajstić information content (AvgIpc) is 2.87. The predicted octanol–water partition coefficient (Wildman–Crippen LogP) is 1.45. The minimum Gasteiger partial charge on any atom is -0.479 e. The van der Waals surface area contributed by atoms with E-state index in [9.17, 15) is 14.7 Å². The van der Waals surface area contributed by atoms with Gasteiger partial charge >= 0.3 is 5.97 Å². The fraction of sp³-hybridized carbons (Fsp3) is 0.571. The maximum atomic E-state index is 12.6. The molecule has 1 saturated heterocycles. The first-order chi connectivity index (χ1) is 9.35. The summed E-state index contributed by atoms with van der Waals surface area (Å²) in [6.45, 7) is 6.20. The lowest BCUT2D eigenvalue weighted by Gasteiger charge is -2.37. The molecule has 0 radical (unpaired) electrons. The number of H-pyrrole nitrogens is 1. The van der Waals surface area contributed by atoms with Crippen LogP contribution in [0.15, 0.2) is 12.3 Å². The summed E-state index contributed by atoms with van der Waals surface area (Å²) in [6, 6.07) is 1.74. The highest BCUT2D eigenvalue weighted by Gasteiger charge is 2.41. The van der Waals surface area contributed by atoms with Gasteiger partial charge in [0.25, 0.3) is 5.91 Å². The van der Waals surface area contributed by atoms with Gasteiger partial charge in [-0.2, -0.15) is 0 Å². The van der Waals surface area contributed by atoms with E-state index in [2.05, 4.69) is 4.98 Å². The Hall–Kier alpha value is -1.82. The minimum atomic E-state index is -1.33. The average molecular weight is 280 g/mol. The van der Waals surface area contributed by atoms with Crippen LogP contribution in [0, 0.1) is 0 Å². The molecule has 2 rings (SSSR count). The Labute approximate surface area is 117 Å². The third-order valence-corrected chi connectivity index (χ3v) is 3.60. The Balaban J connectivity index is 2.21. The molecule has 1 aliphatic rings. The molecule has 0 saturated carbocycles. The standard InChI is InChI=1S/C14H20N2O4/c1-9(2)11-10(4-5-15-11)12(17)16-6-7-20-14(3,8-16)13(18)19/h4-5,9,15H,6-8H2,1-3H3,(H,18,19). The highest BCUT2D eigenvalue weighted by molar-refractivity contribution is 5.96. The third-order valence-electron chi connectivity index (χ3n) is 3.60. The van der Waals surface area contributed by atoms with Crippen molar-refractivity contribution in [3.05, 3.63) is 23.5 Å². The predicted molar refractivity (Wildman–Crippen MR) is 72.8 cm³/mol. The maximum absolute atomic E-state index is 12.6. The highest BCUT2D eigenvalue weighted by Crippen LogP contribution is 2.23. The second kappa shape index (κ2) is 5.28. The number of carbonyl (C=O) groups is 2. The number of aromatic nitrogens is 1. The number of hydrogen-bond donors (Lipinski definition) is 2. The summed E-state index contributed by atoms with van der Waals surface area (Å²) >= 11 is 0. The van der Waals surface area contributed by atoms with Gasteiger partial charge in [0, 0.05) is 18.4 Å². The van der Waals surface area contributed by atoms with Crippen molar-refractivity contribution in [2.75, 3.05) is 19.7 Å². The van der Waals surface area contributed by atoms with Gasteiger partial charge in [0.2, 0.25) is 0 Å². The van der Waals surface area contributed by atoms with Crippen LogP contribution in [-0.2, 0) is 9.53 Å². The van der Waals surface area contributed by atoms with Gasteiger partial charge in [-0.05, 0) is 18.9 Å². The van der Waals surface area contributed by atoms with Crippen molar-refractivity contribution < 1.29 is 19.4 Å². The van der Waals surface area contributed by atoms with Crippen LogP contribution in [0.4, 0.5) is 0 Å². The van der Waals surface area contributed by atoms with Crippen LogP contribution in [0.3, 0.4) is 0 Å². The molecule has 6 heteroatoms. The van der Waals surface area contributed by atoms with Gasteiger partial charge in [-0.1, -0.05) is 13.8 Å². The number of aliphatic carboxylic acids is 1. The van der Waals surface area contributed by atoms with E-state index in [1.165, 1.54) is 6.92 Å². The number of aromatic amines is 1. The molecule has 2 N–H and O–H groups in total. The van der Waals surface area contributed by atoms with Crippen molar-refractivity contribution in [3.63, 3.8) is 0 Å². The fourth-order valence-electron chi connectivity index (χ4n) is 2.39. The normalized spacial score (nSPS) is 23.1. The zero-order valence-corrected chi connectivity index (χ0v) is 12.0. The van der Waals surface area contributed by atoms with Crippen molar-refractivity contribution in [3.8, 4) is 0 Å². The van der Waals surface area contributed by atoms with Crippen LogP contribution in [0.5, 0.6) is 0 Å². The Kier molecular flexibility index (Phi) is 3.85. The van der Waals surface area contributed by atoms with Gasteiger partial charge in [-0.3, -0.25) is 4.79 Å².